The minimum Gasteiger partial charge on any atom is -0.490 e. The molecule has 0 saturated heterocycles. The van der Waals surface area contributed by atoms with Crippen LogP contribution in [0.25, 0.3) is 0 Å². The predicted octanol–water partition coefficient (Wildman–Crippen LogP) is 2.80. The summed E-state index contributed by atoms with van der Waals surface area (Å²) < 4.78 is 11.2. The molecule has 0 aliphatic carbocycles. The Hall–Kier alpha value is -3.02. The van der Waals surface area contributed by atoms with Gasteiger partial charge >= 0.3 is 11.8 Å². The van der Waals surface area contributed by atoms with Gasteiger partial charge in [-0.3, -0.25) is 9.59 Å². The van der Waals surface area contributed by atoms with E-state index in [2.05, 4.69) is 5.32 Å². The molecule has 6 nitrogen and oxygen atoms in total. The fourth-order valence-electron chi connectivity index (χ4n) is 2.75. The summed E-state index contributed by atoms with van der Waals surface area (Å²) in [6.07, 6.45) is 0.591. The highest BCUT2D eigenvalue weighted by Gasteiger charge is 2.18. The quantitative estimate of drug-likeness (QED) is 0.675. The van der Waals surface area contributed by atoms with Gasteiger partial charge < -0.3 is 19.7 Å². The largest absolute Gasteiger partial charge is 0.490 e. The predicted molar refractivity (Wildman–Crippen MR) is 108 cm³/mol. The van der Waals surface area contributed by atoms with Gasteiger partial charge in [0.05, 0.1) is 13.2 Å². The fourth-order valence-corrected chi connectivity index (χ4v) is 2.75. The van der Waals surface area contributed by atoms with Gasteiger partial charge in [-0.05, 0) is 43.5 Å². The van der Waals surface area contributed by atoms with Crippen molar-refractivity contribution >= 4 is 11.8 Å². The topological polar surface area (TPSA) is 67.9 Å². The van der Waals surface area contributed by atoms with Crippen LogP contribution in [0.4, 0.5) is 0 Å². The molecule has 0 fully saturated rings. The van der Waals surface area contributed by atoms with Crippen LogP contribution in [0.5, 0.6) is 11.5 Å². The van der Waals surface area contributed by atoms with Gasteiger partial charge in [0.15, 0.2) is 11.5 Å². The fraction of sp³-hybridized carbons (Fsp3) is 0.364. The molecular formula is C22H28N2O4. The van der Waals surface area contributed by atoms with Gasteiger partial charge in [0.2, 0.25) is 0 Å². The van der Waals surface area contributed by atoms with Gasteiger partial charge in [-0.15, -0.1) is 0 Å². The highest BCUT2D eigenvalue weighted by Crippen LogP contribution is 2.28. The van der Waals surface area contributed by atoms with Crippen LogP contribution in [0, 0.1) is 0 Å². The molecule has 2 aromatic carbocycles. The number of carbonyl (C=O) groups excluding carboxylic acids is 2. The zero-order chi connectivity index (χ0) is 20.4. The summed E-state index contributed by atoms with van der Waals surface area (Å²) in [6, 6.07) is 15.3. The number of nitrogens with one attached hydrogen (secondary N) is 1. The van der Waals surface area contributed by atoms with E-state index in [9.17, 15) is 9.59 Å². The molecule has 0 spiro atoms. The zero-order valence-electron chi connectivity index (χ0n) is 16.7. The second-order valence-electron chi connectivity index (χ2n) is 6.30. The number of hydrogen-bond donors (Lipinski definition) is 1. The highest BCUT2D eigenvalue weighted by molar-refractivity contribution is 6.34. The maximum atomic E-state index is 12.2. The molecule has 2 aromatic rings. The van der Waals surface area contributed by atoms with Crippen molar-refractivity contribution in [3.63, 3.8) is 0 Å². The number of likely N-dealkylation sites (N-methyl/N-ethyl adjacent to an activating group) is 1. The van der Waals surface area contributed by atoms with Crippen LogP contribution in [-0.2, 0) is 22.6 Å². The van der Waals surface area contributed by atoms with Gasteiger partial charge in [-0.25, -0.2) is 0 Å². The second-order valence-corrected chi connectivity index (χ2v) is 6.30. The molecule has 0 unspecified atom stereocenters. The molecule has 0 radical (unpaired) electrons. The number of benzene rings is 2. The standard InChI is InChI=1S/C22H28N2O4/c1-4-27-19-12-11-17(15-20(19)28-5-2)13-14-23-21(25)22(26)24(3)16-18-9-7-6-8-10-18/h6-12,15H,4-5,13-14,16H2,1-3H3,(H,23,25). The summed E-state index contributed by atoms with van der Waals surface area (Å²) in [6.45, 7) is 5.70. The first-order valence-electron chi connectivity index (χ1n) is 9.50. The monoisotopic (exact) mass is 384 g/mol. The first-order chi connectivity index (χ1) is 13.5. The molecule has 0 aromatic heterocycles. The first-order valence-corrected chi connectivity index (χ1v) is 9.50. The normalized spacial score (nSPS) is 10.2. The molecule has 6 heteroatoms. The van der Waals surface area contributed by atoms with E-state index in [1.807, 2.05) is 62.4 Å². The summed E-state index contributed by atoms with van der Waals surface area (Å²) in [4.78, 5) is 25.8. The SMILES string of the molecule is CCOc1ccc(CCNC(=O)C(=O)N(C)Cc2ccccc2)cc1OCC. The van der Waals surface area contributed by atoms with E-state index >= 15 is 0 Å². The summed E-state index contributed by atoms with van der Waals surface area (Å²) in [5.74, 6) is 0.238. The van der Waals surface area contributed by atoms with Crippen LogP contribution in [0.15, 0.2) is 48.5 Å². The van der Waals surface area contributed by atoms with Gasteiger partial charge in [0, 0.05) is 20.1 Å². The molecule has 150 valence electrons. The molecule has 0 atom stereocenters. The molecule has 28 heavy (non-hydrogen) atoms. The molecule has 0 saturated carbocycles. The Labute approximate surface area is 166 Å². The minimum absolute atomic E-state index is 0.364. The van der Waals surface area contributed by atoms with Crippen molar-refractivity contribution in [2.24, 2.45) is 0 Å². The number of hydrogen-bond acceptors (Lipinski definition) is 4. The zero-order valence-corrected chi connectivity index (χ0v) is 16.7. The maximum Gasteiger partial charge on any atom is 0.311 e. The maximum absolute atomic E-state index is 12.2. The number of amides is 2. The number of ether oxygens (including phenoxy) is 2. The molecule has 0 heterocycles. The van der Waals surface area contributed by atoms with Gasteiger partial charge in [-0.1, -0.05) is 36.4 Å². The van der Waals surface area contributed by atoms with Crippen LogP contribution in [0.2, 0.25) is 0 Å². The number of carbonyl (C=O) groups is 2. The van der Waals surface area contributed by atoms with E-state index < -0.39 is 11.8 Å². The third-order valence-corrected chi connectivity index (χ3v) is 4.11. The van der Waals surface area contributed by atoms with Crippen molar-refractivity contribution in [3.8, 4) is 11.5 Å². The Morgan fingerprint density at radius 2 is 1.61 bits per heavy atom. The molecule has 0 aliphatic heterocycles. The van der Waals surface area contributed by atoms with Crippen LogP contribution in [0.1, 0.15) is 25.0 Å². The van der Waals surface area contributed by atoms with Gasteiger partial charge in [0.1, 0.15) is 0 Å². The number of nitrogens with zero attached hydrogens (tertiary/aromatic N) is 1. The molecule has 0 aliphatic rings. The van der Waals surface area contributed by atoms with E-state index in [4.69, 9.17) is 9.47 Å². The number of rotatable bonds is 9. The van der Waals surface area contributed by atoms with Crippen LogP contribution >= 0.6 is 0 Å². The summed E-state index contributed by atoms with van der Waals surface area (Å²) >= 11 is 0. The van der Waals surface area contributed by atoms with E-state index in [1.54, 1.807) is 7.05 Å². The average molecular weight is 384 g/mol. The van der Waals surface area contributed by atoms with Crippen LogP contribution in [0.3, 0.4) is 0 Å². The lowest BCUT2D eigenvalue weighted by Gasteiger charge is -2.17. The van der Waals surface area contributed by atoms with Crippen molar-refractivity contribution in [1.29, 1.82) is 0 Å². The third-order valence-electron chi connectivity index (χ3n) is 4.11. The van der Waals surface area contributed by atoms with Crippen molar-refractivity contribution < 1.29 is 19.1 Å². The Balaban J connectivity index is 1.85. The Kier molecular flexibility index (Phi) is 8.34. The van der Waals surface area contributed by atoms with Crippen molar-refractivity contribution in [2.45, 2.75) is 26.8 Å². The summed E-state index contributed by atoms with van der Waals surface area (Å²) in [5, 5.41) is 2.69. The summed E-state index contributed by atoms with van der Waals surface area (Å²) in [5.41, 5.74) is 1.97. The molecular weight excluding hydrogens is 356 g/mol. The average Bonchev–Trinajstić information content (AvgIpc) is 2.70. The molecule has 1 N–H and O–H groups in total. The van der Waals surface area contributed by atoms with E-state index in [1.165, 1.54) is 4.90 Å². The highest BCUT2D eigenvalue weighted by atomic mass is 16.5. The van der Waals surface area contributed by atoms with E-state index in [0.717, 1.165) is 11.1 Å². The molecule has 2 amide bonds. The van der Waals surface area contributed by atoms with Gasteiger partial charge in [0.25, 0.3) is 0 Å². The van der Waals surface area contributed by atoms with Gasteiger partial charge in [-0.2, -0.15) is 0 Å². The lowest BCUT2D eigenvalue weighted by atomic mass is 10.1. The second kappa shape index (κ2) is 11.0. The Morgan fingerprint density at radius 3 is 2.29 bits per heavy atom. The van der Waals surface area contributed by atoms with E-state index in [0.29, 0.717) is 44.2 Å². The van der Waals surface area contributed by atoms with Crippen LogP contribution in [-0.4, -0.2) is 43.5 Å². The van der Waals surface area contributed by atoms with Crippen molar-refractivity contribution in [2.75, 3.05) is 26.8 Å². The lowest BCUT2D eigenvalue weighted by molar-refractivity contribution is -0.145. The third kappa shape index (κ3) is 6.30. The van der Waals surface area contributed by atoms with Crippen LogP contribution < -0.4 is 14.8 Å². The first kappa shape index (κ1) is 21.3. The van der Waals surface area contributed by atoms with Crippen molar-refractivity contribution in [1.82, 2.24) is 10.2 Å². The lowest BCUT2D eigenvalue weighted by Crippen LogP contribution is -2.41. The molecule has 2 rings (SSSR count). The van der Waals surface area contributed by atoms with E-state index in [-0.39, 0.29) is 0 Å². The Bertz CT molecular complexity index is 777. The summed E-state index contributed by atoms with van der Waals surface area (Å²) in [7, 11) is 1.62. The smallest absolute Gasteiger partial charge is 0.311 e. The minimum atomic E-state index is -0.602. The van der Waals surface area contributed by atoms with Crippen molar-refractivity contribution in [3.05, 3.63) is 59.7 Å². The molecule has 0 bridgehead atoms. The Morgan fingerprint density at radius 1 is 0.929 bits per heavy atom.